The molecule has 1 saturated heterocycles. The van der Waals surface area contributed by atoms with Crippen molar-refractivity contribution in [2.24, 2.45) is 5.92 Å². The zero-order valence-corrected chi connectivity index (χ0v) is 15.0. The van der Waals surface area contributed by atoms with E-state index in [4.69, 9.17) is 0 Å². The maximum atomic E-state index is 12.7. The van der Waals surface area contributed by atoms with Gasteiger partial charge in [-0.25, -0.2) is 4.79 Å². The predicted molar refractivity (Wildman–Crippen MR) is 100 cm³/mol. The molecule has 1 amide bonds. The zero-order valence-electron chi connectivity index (χ0n) is 15.0. The minimum Gasteiger partial charge on any atom is -0.349 e. The number of imidazole rings is 1. The maximum Gasteiger partial charge on any atom is 0.326 e. The quantitative estimate of drug-likeness (QED) is 0.865. The van der Waals surface area contributed by atoms with Crippen LogP contribution in [0.3, 0.4) is 0 Å². The molecule has 0 radical (unpaired) electrons. The van der Waals surface area contributed by atoms with E-state index < -0.39 is 0 Å². The van der Waals surface area contributed by atoms with Crippen molar-refractivity contribution in [1.82, 2.24) is 19.8 Å². The summed E-state index contributed by atoms with van der Waals surface area (Å²) in [4.78, 5) is 30.3. The Labute approximate surface area is 152 Å². The number of likely N-dealkylation sites (tertiary alicyclic amines) is 1. The monoisotopic (exact) mass is 354 g/mol. The molecule has 6 heteroatoms. The number of H-pyrrole nitrogens is 1. The third-order valence-electron chi connectivity index (χ3n) is 6.03. The van der Waals surface area contributed by atoms with Crippen LogP contribution >= 0.6 is 0 Å². The van der Waals surface area contributed by atoms with Gasteiger partial charge in [-0.05, 0) is 62.6 Å². The molecule has 0 unspecified atom stereocenters. The second-order valence-corrected chi connectivity index (χ2v) is 8.25. The number of nitrogens with one attached hydrogen (secondary N) is 2. The first-order valence-corrected chi connectivity index (χ1v) is 9.95. The molecule has 0 atom stereocenters. The number of hydrogen-bond donors (Lipinski definition) is 2. The SMILES string of the molecule is O=C(NC1CCN(CC2CC2)CC1)c1ccc2[nH]c(=O)n(C3CC3)c2c1. The summed E-state index contributed by atoms with van der Waals surface area (Å²) in [7, 11) is 0. The first-order chi connectivity index (χ1) is 12.7. The standard InChI is InChI=1S/C20H26N4O2/c25-19(21-15-7-9-23(10-8-15)12-13-1-2-13)14-3-6-17-18(11-14)24(16-4-5-16)20(26)22-17/h3,6,11,13,15-16H,1-2,4-5,7-10,12H2,(H,21,25)(H,22,26). The lowest BCUT2D eigenvalue weighted by Crippen LogP contribution is -2.45. The van der Waals surface area contributed by atoms with Gasteiger partial charge >= 0.3 is 5.69 Å². The van der Waals surface area contributed by atoms with Crippen LogP contribution in [0.25, 0.3) is 11.0 Å². The molecule has 2 N–H and O–H groups in total. The number of piperidine rings is 1. The Morgan fingerprint density at radius 3 is 2.58 bits per heavy atom. The number of hydrogen-bond acceptors (Lipinski definition) is 3. The van der Waals surface area contributed by atoms with Crippen molar-refractivity contribution in [3.05, 3.63) is 34.2 Å². The van der Waals surface area contributed by atoms with Gasteiger partial charge in [-0.1, -0.05) is 0 Å². The Kier molecular flexibility index (Phi) is 3.89. The molecule has 3 fully saturated rings. The van der Waals surface area contributed by atoms with Crippen molar-refractivity contribution in [3.8, 4) is 0 Å². The number of carbonyl (C=O) groups is 1. The molecule has 6 nitrogen and oxygen atoms in total. The third-order valence-corrected chi connectivity index (χ3v) is 6.03. The Morgan fingerprint density at radius 1 is 1.12 bits per heavy atom. The number of amides is 1. The first-order valence-electron chi connectivity index (χ1n) is 9.95. The average molecular weight is 354 g/mol. The number of benzene rings is 1. The highest BCUT2D eigenvalue weighted by molar-refractivity contribution is 5.97. The summed E-state index contributed by atoms with van der Waals surface area (Å²) < 4.78 is 1.81. The highest BCUT2D eigenvalue weighted by Gasteiger charge is 2.29. The molecule has 2 aliphatic carbocycles. The molecule has 2 heterocycles. The van der Waals surface area contributed by atoms with Crippen LogP contribution in [0.2, 0.25) is 0 Å². The summed E-state index contributed by atoms with van der Waals surface area (Å²) in [5.41, 5.74) is 2.24. The number of carbonyl (C=O) groups excluding carboxylic acids is 1. The molecule has 1 aromatic heterocycles. The largest absolute Gasteiger partial charge is 0.349 e. The average Bonchev–Trinajstić information content (AvgIpc) is 3.55. The van der Waals surface area contributed by atoms with Crippen LogP contribution in [-0.4, -0.2) is 46.0 Å². The number of aromatic amines is 1. The summed E-state index contributed by atoms with van der Waals surface area (Å²) in [5, 5.41) is 3.20. The highest BCUT2D eigenvalue weighted by Crippen LogP contribution is 2.35. The summed E-state index contributed by atoms with van der Waals surface area (Å²) in [5.74, 6) is 0.904. The Balaban J connectivity index is 1.26. The Hall–Kier alpha value is -2.08. The summed E-state index contributed by atoms with van der Waals surface area (Å²) in [6.45, 7) is 3.41. The van der Waals surface area contributed by atoms with Crippen LogP contribution in [0.1, 0.15) is 54.9 Å². The van der Waals surface area contributed by atoms with E-state index in [0.717, 1.165) is 55.7 Å². The predicted octanol–water partition coefficient (Wildman–Crippen LogP) is 2.27. The first kappa shape index (κ1) is 16.1. The van der Waals surface area contributed by atoms with Gasteiger partial charge in [0.2, 0.25) is 0 Å². The highest BCUT2D eigenvalue weighted by atomic mass is 16.2. The van der Waals surface area contributed by atoms with Crippen molar-refractivity contribution in [1.29, 1.82) is 0 Å². The summed E-state index contributed by atoms with van der Waals surface area (Å²) in [6, 6.07) is 6.08. The molecule has 5 rings (SSSR count). The minimum atomic E-state index is -0.0666. The topological polar surface area (TPSA) is 70.1 Å². The molecule has 2 saturated carbocycles. The van der Waals surface area contributed by atoms with Gasteiger partial charge in [0.25, 0.3) is 5.91 Å². The maximum absolute atomic E-state index is 12.7. The molecule has 0 bridgehead atoms. The van der Waals surface area contributed by atoms with Gasteiger partial charge in [-0.2, -0.15) is 0 Å². The number of rotatable bonds is 5. The third kappa shape index (κ3) is 3.18. The van der Waals surface area contributed by atoms with Crippen molar-refractivity contribution in [3.63, 3.8) is 0 Å². The van der Waals surface area contributed by atoms with Crippen LogP contribution in [-0.2, 0) is 0 Å². The van der Waals surface area contributed by atoms with Gasteiger partial charge in [0, 0.05) is 37.3 Å². The molecule has 0 spiro atoms. The van der Waals surface area contributed by atoms with Gasteiger partial charge in [0.15, 0.2) is 0 Å². The summed E-state index contributed by atoms with van der Waals surface area (Å²) >= 11 is 0. The van der Waals surface area contributed by atoms with E-state index in [1.165, 1.54) is 19.4 Å². The number of fused-ring (bicyclic) bond motifs is 1. The lowest BCUT2D eigenvalue weighted by molar-refractivity contribution is 0.0910. The van der Waals surface area contributed by atoms with Gasteiger partial charge in [0.1, 0.15) is 0 Å². The fraction of sp³-hybridized carbons (Fsp3) is 0.600. The zero-order chi connectivity index (χ0) is 17.7. The van der Waals surface area contributed by atoms with Crippen molar-refractivity contribution in [2.75, 3.05) is 19.6 Å². The van der Waals surface area contributed by atoms with E-state index in [1.54, 1.807) is 0 Å². The lowest BCUT2D eigenvalue weighted by Gasteiger charge is -2.32. The van der Waals surface area contributed by atoms with E-state index in [9.17, 15) is 9.59 Å². The number of aromatic nitrogens is 2. The summed E-state index contributed by atoms with van der Waals surface area (Å²) in [6.07, 6.45) is 6.93. The van der Waals surface area contributed by atoms with Crippen molar-refractivity contribution >= 4 is 16.9 Å². The smallest absolute Gasteiger partial charge is 0.326 e. The number of nitrogens with zero attached hydrogens (tertiary/aromatic N) is 2. The van der Waals surface area contributed by atoms with Crippen LogP contribution < -0.4 is 11.0 Å². The van der Waals surface area contributed by atoms with Gasteiger partial charge < -0.3 is 15.2 Å². The molecular formula is C20H26N4O2. The van der Waals surface area contributed by atoms with Gasteiger partial charge in [-0.15, -0.1) is 0 Å². The van der Waals surface area contributed by atoms with E-state index in [-0.39, 0.29) is 17.6 Å². The molecular weight excluding hydrogens is 328 g/mol. The second-order valence-electron chi connectivity index (χ2n) is 8.25. The van der Waals surface area contributed by atoms with Crippen molar-refractivity contribution in [2.45, 2.75) is 50.6 Å². The van der Waals surface area contributed by atoms with Gasteiger partial charge in [0.05, 0.1) is 11.0 Å². The van der Waals surface area contributed by atoms with Crippen LogP contribution in [0.5, 0.6) is 0 Å². The van der Waals surface area contributed by atoms with Crippen LogP contribution in [0.15, 0.2) is 23.0 Å². The molecule has 1 aliphatic heterocycles. The molecule has 138 valence electrons. The lowest BCUT2D eigenvalue weighted by atomic mass is 10.0. The minimum absolute atomic E-state index is 0.0245. The van der Waals surface area contributed by atoms with E-state index >= 15 is 0 Å². The van der Waals surface area contributed by atoms with Gasteiger partial charge in [-0.3, -0.25) is 9.36 Å². The molecule has 1 aromatic carbocycles. The Morgan fingerprint density at radius 2 is 1.88 bits per heavy atom. The van der Waals surface area contributed by atoms with Crippen molar-refractivity contribution < 1.29 is 4.79 Å². The fourth-order valence-electron chi connectivity index (χ4n) is 4.15. The molecule has 3 aliphatic rings. The molecule has 26 heavy (non-hydrogen) atoms. The Bertz CT molecular complexity index is 883. The fourth-order valence-corrected chi connectivity index (χ4v) is 4.15. The van der Waals surface area contributed by atoms with Crippen LogP contribution in [0.4, 0.5) is 0 Å². The normalized spacial score (nSPS) is 22.0. The van der Waals surface area contributed by atoms with E-state index in [2.05, 4.69) is 15.2 Å². The van der Waals surface area contributed by atoms with E-state index in [1.807, 2.05) is 22.8 Å². The van der Waals surface area contributed by atoms with Crippen LogP contribution in [0, 0.1) is 5.92 Å². The van der Waals surface area contributed by atoms with E-state index in [0.29, 0.717) is 11.6 Å². The molecule has 2 aromatic rings. The second kappa shape index (κ2) is 6.27.